The van der Waals surface area contributed by atoms with E-state index in [1.807, 2.05) is 58.0 Å². The van der Waals surface area contributed by atoms with Crippen molar-refractivity contribution in [3.8, 4) is 0 Å². The molecule has 0 fully saturated rings. The first kappa shape index (κ1) is 36.2. The van der Waals surface area contributed by atoms with Gasteiger partial charge in [0.2, 0.25) is 11.8 Å². The fraction of sp³-hybridized carbons (Fsp3) is 0.633. The second-order valence-corrected chi connectivity index (χ2v) is 11.6. The van der Waals surface area contributed by atoms with Crippen LogP contribution in [0.1, 0.15) is 73.8 Å². The summed E-state index contributed by atoms with van der Waals surface area (Å²) in [5, 5.41) is 2.69. The number of carbonyl (C=O) groups is 5. The predicted molar refractivity (Wildman–Crippen MR) is 159 cm³/mol. The SMILES string of the molecule is CCC(C)[C@@H](C(=O)N(C)[C@@H](C)C(=O)NNC(=O)OC(C)(C)C)N(C)C(=O)[C@H](NC(=O)OCc1ccccc1)C(C)CC. The smallest absolute Gasteiger partial charge is 0.426 e. The fourth-order valence-corrected chi connectivity index (χ4v) is 4.04. The zero-order valence-corrected chi connectivity index (χ0v) is 26.6. The molecule has 0 aliphatic carbocycles. The van der Waals surface area contributed by atoms with Crippen molar-refractivity contribution in [1.82, 2.24) is 26.0 Å². The van der Waals surface area contributed by atoms with Crippen LogP contribution in [0.4, 0.5) is 9.59 Å². The number of rotatable bonds is 12. The Morgan fingerprint density at radius 3 is 1.90 bits per heavy atom. The van der Waals surface area contributed by atoms with E-state index < -0.39 is 53.6 Å². The molecule has 12 nitrogen and oxygen atoms in total. The van der Waals surface area contributed by atoms with Crippen molar-refractivity contribution in [1.29, 1.82) is 0 Å². The summed E-state index contributed by atoms with van der Waals surface area (Å²) in [5.41, 5.74) is 4.49. The lowest BCUT2D eigenvalue weighted by Gasteiger charge is -2.38. The minimum atomic E-state index is -0.987. The summed E-state index contributed by atoms with van der Waals surface area (Å²) >= 11 is 0. The van der Waals surface area contributed by atoms with Crippen LogP contribution in [0.2, 0.25) is 0 Å². The molecule has 1 aromatic carbocycles. The minimum Gasteiger partial charge on any atom is -0.445 e. The van der Waals surface area contributed by atoms with E-state index in [2.05, 4.69) is 16.2 Å². The molecule has 0 radical (unpaired) electrons. The molecule has 5 amide bonds. The van der Waals surface area contributed by atoms with Crippen LogP contribution in [0, 0.1) is 11.8 Å². The maximum Gasteiger partial charge on any atom is 0.426 e. The van der Waals surface area contributed by atoms with Crippen LogP contribution < -0.4 is 16.2 Å². The molecule has 0 spiro atoms. The second-order valence-electron chi connectivity index (χ2n) is 11.6. The first-order chi connectivity index (χ1) is 19.5. The number of carbonyl (C=O) groups excluding carboxylic acids is 5. The highest BCUT2D eigenvalue weighted by molar-refractivity contribution is 5.94. The van der Waals surface area contributed by atoms with Gasteiger partial charge in [-0.25, -0.2) is 15.0 Å². The lowest BCUT2D eigenvalue weighted by atomic mass is 9.93. The summed E-state index contributed by atoms with van der Waals surface area (Å²) in [5.74, 6) is -2.08. The van der Waals surface area contributed by atoms with Gasteiger partial charge >= 0.3 is 12.2 Å². The monoisotopic (exact) mass is 591 g/mol. The van der Waals surface area contributed by atoms with Gasteiger partial charge in [0.15, 0.2) is 0 Å². The van der Waals surface area contributed by atoms with Gasteiger partial charge in [-0.05, 0) is 45.1 Å². The lowest BCUT2D eigenvalue weighted by Crippen LogP contribution is -2.60. The van der Waals surface area contributed by atoms with Gasteiger partial charge in [0.25, 0.3) is 5.91 Å². The van der Waals surface area contributed by atoms with Crippen molar-refractivity contribution in [2.75, 3.05) is 14.1 Å². The maximum atomic E-state index is 13.8. The highest BCUT2D eigenvalue weighted by Crippen LogP contribution is 2.21. The average molecular weight is 592 g/mol. The van der Waals surface area contributed by atoms with E-state index in [0.29, 0.717) is 12.8 Å². The number of hydrogen-bond donors (Lipinski definition) is 3. The molecule has 0 bridgehead atoms. The average Bonchev–Trinajstić information content (AvgIpc) is 2.95. The van der Waals surface area contributed by atoms with Crippen LogP contribution in [0.25, 0.3) is 0 Å². The molecule has 1 rings (SSSR count). The van der Waals surface area contributed by atoms with E-state index in [1.165, 1.54) is 30.8 Å². The Labute approximate surface area is 249 Å². The molecule has 0 aliphatic heterocycles. The summed E-state index contributed by atoms with van der Waals surface area (Å²) in [6.45, 7) is 14.1. The Bertz CT molecular complexity index is 1060. The third kappa shape index (κ3) is 11.2. The van der Waals surface area contributed by atoms with Crippen LogP contribution >= 0.6 is 0 Å². The number of hydrazine groups is 1. The number of likely N-dealkylation sites (N-methyl/N-ethyl adjacent to an activating group) is 2. The molecule has 5 atom stereocenters. The summed E-state index contributed by atoms with van der Waals surface area (Å²) in [6, 6.07) is 6.33. The summed E-state index contributed by atoms with van der Waals surface area (Å²) in [7, 11) is 2.98. The maximum absolute atomic E-state index is 13.8. The highest BCUT2D eigenvalue weighted by atomic mass is 16.6. The number of nitrogens with one attached hydrogen (secondary N) is 3. The van der Waals surface area contributed by atoms with Gasteiger partial charge < -0.3 is 24.6 Å². The Kier molecular flexibility index (Phi) is 14.3. The van der Waals surface area contributed by atoms with Crippen molar-refractivity contribution in [2.45, 2.75) is 98.6 Å². The number of alkyl carbamates (subject to hydrolysis) is 1. The molecule has 0 saturated carbocycles. The Balaban J connectivity index is 3.03. The minimum absolute atomic E-state index is 0.0471. The van der Waals surface area contributed by atoms with Crippen LogP contribution in [0.15, 0.2) is 30.3 Å². The normalized spacial score (nSPS) is 14.7. The van der Waals surface area contributed by atoms with Crippen molar-refractivity contribution in [2.24, 2.45) is 11.8 Å². The van der Waals surface area contributed by atoms with Gasteiger partial charge in [0.05, 0.1) is 0 Å². The highest BCUT2D eigenvalue weighted by Gasteiger charge is 2.39. The number of benzene rings is 1. The Morgan fingerprint density at radius 1 is 0.810 bits per heavy atom. The van der Waals surface area contributed by atoms with Crippen molar-refractivity contribution in [3.05, 3.63) is 35.9 Å². The topological polar surface area (TPSA) is 146 Å². The molecular weight excluding hydrogens is 542 g/mol. The van der Waals surface area contributed by atoms with Crippen LogP contribution in [-0.2, 0) is 30.5 Å². The largest absolute Gasteiger partial charge is 0.445 e. The van der Waals surface area contributed by atoms with Gasteiger partial charge in [-0.3, -0.25) is 19.8 Å². The third-order valence-electron chi connectivity index (χ3n) is 7.16. The van der Waals surface area contributed by atoms with Crippen molar-refractivity contribution in [3.63, 3.8) is 0 Å². The van der Waals surface area contributed by atoms with Gasteiger partial charge in [0, 0.05) is 14.1 Å². The number of nitrogens with zero attached hydrogens (tertiary/aromatic N) is 2. The van der Waals surface area contributed by atoms with E-state index in [9.17, 15) is 24.0 Å². The van der Waals surface area contributed by atoms with E-state index >= 15 is 0 Å². The van der Waals surface area contributed by atoms with Crippen LogP contribution in [0.3, 0.4) is 0 Å². The molecule has 3 N–H and O–H groups in total. The third-order valence-corrected chi connectivity index (χ3v) is 7.16. The molecule has 0 aromatic heterocycles. The van der Waals surface area contributed by atoms with E-state index in [0.717, 1.165) is 5.56 Å². The molecule has 42 heavy (non-hydrogen) atoms. The van der Waals surface area contributed by atoms with E-state index in [-0.39, 0.29) is 18.4 Å². The van der Waals surface area contributed by atoms with E-state index in [4.69, 9.17) is 9.47 Å². The van der Waals surface area contributed by atoms with E-state index in [1.54, 1.807) is 20.8 Å². The fourth-order valence-electron chi connectivity index (χ4n) is 4.04. The molecule has 1 aromatic rings. The number of hydrogen-bond acceptors (Lipinski definition) is 7. The number of ether oxygens (including phenoxy) is 2. The first-order valence-corrected chi connectivity index (χ1v) is 14.3. The first-order valence-electron chi connectivity index (χ1n) is 14.3. The Morgan fingerprint density at radius 2 is 1.38 bits per heavy atom. The molecular formula is C30H49N5O7. The summed E-state index contributed by atoms with van der Waals surface area (Å²) in [4.78, 5) is 67.4. The summed E-state index contributed by atoms with van der Waals surface area (Å²) in [6.07, 6.45) is -0.418. The molecule has 0 heterocycles. The van der Waals surface area contributed by atoms with Gasteiger partial charge in [-0.15, -0.1) is 0 Å². The molecule has 236 valence electrons. The van der Waals surface area contributed by atoms with Gasteiger partial charge in [0.1, 0.15) is 30.3 Å². The van der Waals surface area contributed by atoms with Crippen molar-refractivity contribution >= 4 is 29.9 Å². The predicted octanol–water partition coefficient (Wildman–Crippen LogP) is 3.60. The second kappa shape index (κ2) is 16.6. The van der Waals surface area contributed by atoms with Crippen LogP contribution in [-0.4, -0.2) is 77.5 Å². The standard InChI is InChI=1S/C30H49N5O7/c1-11-19(3)23(31-28(39)41-18-22-16-14-13-15-17-22)26(37)35(10)24(20(4)12-2)27(38)34(9)21(5)25(36)32-33-29(40)42-30(6,7)8/h13-17,19-21,23-24H,11-12,18H2,1-10H3,(H,31,39)(H,32,36)(H,33,40)/t19?,20?,21-,23+,24-/m0/s1. The molecule has 12 heteroatoms. The summed E-state index contributed by atoms with van der Waals surface area (Å²) < 4.78 is 10.4. The van der Waals surface area contributed by atoms with Gasteiger partial charge in [-0.2, -0.15) is 0 Å². The molecule has 0 aliphatic rings. The zero-order valence-electron chi connectivity index (χ0n) is 26.6. The quantitative estimate of drug-likeness (QED) is 0.315. The Hall–Kier alpha value is -3.83. The molecule has 2 unspecified atom stereocenters. The zero-order chi connectivity index (χ0) is 32.2. The molecule has 0 saturated heterocycles. The van der Waals surface area contributed by atoms with Crippen molar-refractivity contribution < 1.29 is 33.4 Å². The van der Waals surface area contributed by atoms with Gasteiger partial charge in [-0.1, -0.05) is 70.9 Å². The lowest BCUT2D eigenvalue weighted by molar-refractivity contribution is -0.150. The number of amides is 5. The van der Waals surface area contributed by atoms with Crippen LogP contribution in [0.5, 0.6) is 0 Å².